The highest BCUT2D eigenvalue weighted by Crippen LogP contribution is 2.21. The zero-order valence-corrected chi connectivity index (χ0v) is 8.98. The molecule has 0 bridgehead atoms. The van der Waals surface area contributed by atoms with Gasteiger partial charge in [-0.3, -0.25) is 0 Å². The number of esters is 2. The molecule has 0 aromatic heterocycles. The molecule has 16 heavy (non-hydrogen) atoms. The molecule has 0 aromatic rings. The number of hydrogen-bond donors (Lipinski definition) is 0. The Morgan fingerprint density at radius 2 is 2.00 bits per heavy atom. The van der Waals surface area contributed by atoms with Crippen LogP contribution in [0.1, 0.15) is 19.3 Å². The molecule has 0 aliphatic heterocycles. The van der Waals surface area contributed by atoms with Crippen LogP contribution in [0.3, 0.4) is 0 Å². The maximum atomic E-state index is 10.9. The highest BCUT2D eigenvalue weighted by atomic mass is 16.5. The van der Waals surface area contributed by atoms with Gasteiger partial charge in [0.25, 0.3) is 0 Å². The first-order valence-corrected chi connectivity index (χ1v) is 5.02. The minimum absolute atomic E-state index is 0.156. The average Bonchev–Trinajstić information content (AvgIpc) is 2.31. The first-order chi connectivity index (χ1) is 7.65. The van der Waals surface area contributed by atoms with Crippen LogP contribution in [0.15, 0.2) is 37.1 Å². The predicted octanol–water partition coefficient (Wildman–Crippen LogP) is 1.88. The predicted molar refractivity (Wildman–Crippen MR) is 58.3 cm³/mol. The molecule has 0 amide bonds. The van der Waals surface area contributed by atoms with Crippen molar-refractivity contribution in [2.45, 2.75) is 25.4 Å². The van der Waals surface area contributed by atoms with E-state index >= 15 is 0 Å². The lowest BCUT2D eigenvalue weighted by molar-refractivity contribution is -0.144. The second kappa shape index (κ2) is 5.90. The van der Waals surface area contributed by atoms with Crippen LogP contribution < -0.4 is 0 Å². The Morgan fingerprint density at radius 1 is 1.31 bits per heavy atom. The van der Waals surface area contributed by atoms with Gasteiger partial charge in [0.2, 0.25) is 0 Å². The van der Waals surface area contributed by atoms with Crippen LogP contribution in [-0.2, 0) is 19.1 Å². The molecule has 0 saturated carbocycles. The lowest BCUT2D eigenvalue weighted by atomic mass is 10.0. The summed E-state index contributed by atoms with van der Waals surface area (Å²) in [5, 5.41) is 0. The van der Waals surface area contributed by atoms with E-state index in [1.165, 1.54) is 0 Å². The maximum Gasteiger partial charge on any atom is 0.335 e. The summed E-state index contributed by atoms with van der Waals surface area (Å²) in [5.74, 6) is -0.284. The molecule has 0 spiro atoms. The summed E-state index contributed by atoms with van der Waals surface area (Å²) in [6.07, 6.45) is 5.63. The first kappa shape index (κ1) is 12.2. The van der Waals surface area contributed by atoms with Crippen LogP contribution in [0.4, 0.5) is 0 Å². The Hall–Kier alpha value is -1.84. The molecule has 0 heterocycles. The van der Waals surface area contributed by atoms with Gasteiger partial charge in [-0.2, -0.15) is 0 Å². The molecule has 1 aliphatic rings. The molecule has 0 saturated heterocycles. The van der Waals surface area contributed by atoms with Crippen molar-refractivity contribution in [1.82, 2.24) is 0 Å². The third-order valence-corrected chi connectivity index (χ3v) is 2.17. The van der Waals surface area contributed by atoms with Crippen molar-refractivity contribution in [3.63, 3.8) is 0 Å². The molecule has 4 heteroatoms. The van der Waals surface area contributed by atoms with E-state index in [-0.39, 0.29) is 6.10 Å². The van der Waals surface area contributed by atoms with Gasteiger partial charge in [-0.15, -0.1) is 0 Å². The van der Waals surface area contributed by atoms with E-state index in [0.29, 0.717) is 25.0 Å². The Labute approximate surface area is 94.2 Å². The van der Waals surface area contributed by atoms with Crippen molar-refractivity contribution in [3.8, 4) is 0 Å². The molecular weight excluding hydrogens is 208 g/mol. The van der Waals surface area contributed by atoms with Gasteiger partial charge in [0, 0.05) is 25.0 Å². The molecule has 0 fully saturated rings. The minimum Gasteiger partial charge on any atom is -0.459 e. The zero-order chi connectivity index (χ0) is 12.0. The Kier molecular flexibility index (Phi) is 4.51. The van der Waals surface area contributed by atoms with Crippen LogP contribution >= 0.6 is 0 Å². The maximum absolute atomic E-state index is 10.9. The molecule has 1 rings (SSSR count). The molecule has 0 N–H and O–H groups in total. The van der Waals surface area contributed by atoms with E-state index in [9.17, 15) is 9.59 Å². The Balaban J connectivity index is 2.42. The fourth-order valence-corrected chi connectivity index (χ4v) is 1.37. The van der Waals surface area contributed by atoms with Crippen molar-refractivity contribution in [1.29, 1.82) is 0 Å². The second-order valence-electron chi connectivity index (χ2n) is 3.33. The van der Waals surface area contributed by atoms with Gasteiger partial charge in [0.1, 0.15) is 11.9 Å². The van der Waals surface area contributed by atoms with Crippen molar-refractivity contribution >= 4 is 11.9 Å². The van der Waals surface area contributed by atoms with Crippen LogP contribution in [0.5, 0.6) is 0 Å². The molecule has 1 aliphatic carbocycles. The molecular formula is C12H14O4. The van der Waals surface area contributed by atoms with E-state index in [1.807, 2.05) is 0 Å². The summed E-state index contributed by atoms with van der Waals surface area (Å²) in [7, 11) is 0. The number of rotatable bonds is 4. The van der Waals surface area contributed by atoms with Crippen molar-refractivity contribution < 1.29 is 19.1 Å². The van der Waals surface area contributed by atoms with E-state index in [1.54, 1.807) is 6.08 Å². The van der Waals surface area contributed by atoms with Gasteiger partial charge in [-0.25, -0.2) is 9.59 Å². The van der Waals surface area contributed by atoms with Crippen LogP contribution in [0.25, 0.3) is 0 Å². The van der Waals surface area contributed by atoms with Crippen LogP contribution in [-0.4, -0.2) is 18.0 Å². The van der Waals surface area contributed by atoms with Gasteiger partial charge < -0.3 is 9.47 Å². The largest absolute Gasteiger partial charge is 0.459 e. The lowest BCUT2D eigenvalue weighted by Gasteiger charge is -2.20. The fourth-order valence-electron chi connectivity index (χ4n) is 1.37. The number of allylic oxidation sites excluding steroid dienone is 1. The summed E-state index contributed by atoms with van der Waals surface area (Å²) in [6, 6.07) is 0. The van der Waals surface area contributed by atoms with Crippen molar-refractivity contribution in [2.24, 2.45) is 0 Å². The average molecular weight is 222 g/mol. The monoisotopic (exact) mass is 222 g/mol. The first-order valence-electron chi connectivity index (χ1n) is 5.02. The van der Waals surface area contributed by atoms with Gasteiger partial charge in [0.15, 0.2) is 0 Å². The SMILES string of the molecule is C=CC(=O)OC1=CCC(OC(=O)C=C)CC1. The zero-order valence-electron chi connectivity index (χ0n) is 8.98. The van der Waals surface area contributed by atoms with Crippen LogP contribution in [0, 0.1) is 0 Å². The highest BCUT2D eigenvalue weighted by molar-refractivity contribution is 5.82. The van der Waals surface area contributed by atoms with Gasteiger partial charge >= 0.3 is 11.9 Å². The number of ether oxygens (including phenoxy) is 2. The summed E-state index contributed by atoms with van der Waals surface area (Å²) in [5.41, 5.74) is 0. The van der Waals surface area contributed by atoms with Crippen molar-refractivity contribution in [2.75, 3.05) is 0 Å². The molecule has 86 valence electrons. The molecule has 0 radical (unpaired) electrons. The normalized spacial score (nSPS) is 19.2. The molecule has 0 aromatic carbocycles. The number of carbonyl (C=O) groups excluding carboxylic acids is 2. The lowest BCUT2D eigenvalue weighted by Crippen LogP contribution is -2.20. The summed E-state index contributed by atoms with van der Waals surface area (Å²) in [6.45, 7) is 6.63. The topological polar surface area (TPSA) is 52.6 Å². The van der Waals surface area contributed by atoms with E-state index in [4.69, 9.17) is 9.47 Å². The number of carbonyl (C=O) groups is 2. The standard InChI is InChI=1S/C12H14O4/c1-3-11(13)15-9-5-7-10(8-6-9)16-12(14)4-2/h3-5,10H,1-2,6-8H2. The van der Waals surface area contributed by atoms with Crippen LogP contribution in [0.2, 0.25) is 0 Å². The third-order valence-electron chi connectivity index (χ3n) is 2.17. The molecule has 4 nitrogen and oxygen atoms in total. The van der Waals surface area contributed by atoms with E-state index in [0.717, 1.165) is 12.2 Å². The van der Waals surface area contributed by atoms with Gasteiger partial charge in [0.05, 0.1) is 0 Å². The fraction of sp³-hybridized carbons (Fsp3) is 0.333. The molecule has 1 atom stereocenters. The molecule has 1 unspecified atom stereocenters. The van der Waals surface area contributed by atoms with E-state index < -0.39 is 11.9 Å². The van der Waals surface area contributed by atoms with Crippen molar-refractivity contribution in [3.05, 3.63) is 37.1 Å². The Bertz CT molecular complexity index is 341. The van der Waals surface area contributed by atoms with Gasteiger partial charge in [-0.05, 0) is 12.5 Å². The second-order valence-corrected chi connectivity index (χ2v) is 3.33. The smallest absolute Gasteiger partial charge is 0.335 e. The quantitative estimate of drug-likeness (QED) is 0.538. The summed E-state index contributed by atoms with van der Waals surface area (Å²) in [4.78, 5) is 21.8. The number of hydrogen-bond acceptors (Lipinski definition) is 4. The van der Waals surface area contributed by atoms with E-state index in [2.05, 4.69) is 13.2 Å². The Morgan fingerprint density at radius 3 is 2.50 bits per heavy atom. The minimum atomic E-state index is -0.465. The third kappa shape index (κ3) is 3.73. The summed E-state index contributed by atoms with van der Waals surface area (Å²) >= 11 is 0. The summed E-state index contributed by atoms with van der Waals surface area (Å²) < 4.78 is 10.0. The highest BCUT2D eigenvalue weighted by Gasteiger charge is 2.18. The van der Waals surface area contributed by atoms with Gasteiger partial charge in [-0.1, -0.05) is 13.2 Å².